The fourth-order valence-electron chi connectivity index (χ4n) is 3.20. The van der Waals surface area contributed by atoms with Gasteiger partial charge in [0.05, 0.1) is 20.8 Å². The van der Waals surface area contributed by atoms with Crippen molar-refractivity contribution in [2.45, 2.75) is 40.0 Å². The summed E-state index contributed by atoms with van der Waals surface area (Å²) in [7, 11) is 2.80. The first-order valence-corrected chi connectivity index (χ1v) is 12.8. The second kappa shape index (κ2) is 12.7. The van der Waals surface area contributed by atoms with Gasteiger partial charge in [0.25, 0.3) is 11.1 Å². The van der Waals surface area contributed by atoms with Gasteiger partial charge in [-0.25, -0.2) is 0 Å². The van der Waals surface area contributed by atoms with E-state index in [1.54, 1.807) is 5.38 Å². The van der Waals surface area contributed by atoms with E-state index in [1.165, 1.54) is 32.5 Å². The molecule has 2 aromatic heterocycles. The molecule has 0 aliphatic rings. The highest BCUT2D eigenvalue weighted by atomic mass is 32.1. The van der Waals surface area contributed by atoms with Crippen molar-refractivity contribution < 1.29 is 28.5 Å². The summed E-state index contributed by atoms with van der Waals surface area (Å²) in [5.41, 5.74) is 2.34. The molecule has 38 heavy (non-hydrogen) atoms. The number of carbonyl (C=O) groups is 2. The van der Waals surface area contributed by atoms with Gasteiger partial charge in [0.15, 0.2) is 5.69 Å². The first-order valence-electron chi connectivity index (χ1n) is 11.9. The summed E-state index contributed by atoms with van der Waals surface area (Å²) in [6, 6.07) is 6.07. The maximum absolute atomic E-state index is 13.0. The van der Waals surface area contributed by atoms with Crippen molar-refractivity contribution in [3.63, 3.8) is 0 Å². The van der Waals surface area contributed by atoms with Crippen LogP contribution in [0.2, 0.25) is 0 Å². The van der Waals surface area contributed by atoms with Crippen LogP contribution in [0, 0.1) is 6.92 Å². The van der Waals surface area contributed by atoms with Crippen molar-refractivity contribution in [3.8, 4) is 28.7 Å². The molecule has 2 N–H and O–H groups in total. The molecule has 0 spiro atoms. The van der Waals surface area contributed by atoms with Crippen molar-refractivity contribution >= 4 is 28.7 Å². The Bertz CT molecular complexity index is 1260. The van der Waals surface area contributed by atoms with Gasteiger partial charge in [-0.1, -0.05) is 44.2 Å². The molecule has 0 atom stereocenters. The van der Waals surface area contributed by atoms with Gasteiger partial charge in [0, 0.05) is 11.9 Å². The van der Waals surface area contributed by atoms with E-state index < -0.39 is 5.91 Å². The summed E-state index contributed by atoms with van der Waals surface area (Å²) in [4.78, 5) is 36.7. The number of Topliss-reactive ketones (excluding diaryl/α,β-unsaturated/α-hetero) is 1. The average Bonchev–Trinajstić information content (AvgIpc) is 3.33. The molecule has 0 unspecified atom stereocenters. The fraction of sp³-hybridized carbons (Fsp3) is 0.423. The fourth-order valence-corrected chi connectivity index (χ4v) is 3.87. The Morgan fingerprint density at radius 1 is 1.05 bits per heavy atom. The summed E-state index contributed by atoms with van der Waals surface area (Å²) >= 11 is 1.21. The molecule has 0 aliphatic carbocycles. The normalized spacial score (nSPS) is 11.1. The molecule has 3 aromatic rings. The van der Waals surface area contributed by atoms with Gasteiger partial charge >= 0.3 is 6.01 Å². The van der Waals surface area contributed by atoms with Crippen LogP contribution in [0.15, 0.2) is 23.6 Å². The van der Waals surface area contributed by atoms with E-state index in [1.807, 2.05) is 19.1 Å². The molecule has 0 radical (unpaired) electrons. The molecule has 0 aliphatic heterocycles. The first kappa shape index (κ1) is 28.8. The monoisotopic (exact) mass is 543 g/mol. The third kappa shape index (κ3) is 7.62. The maximum Gasteiger partial charge on any atom is 0.323 e. The molecule has 3 rings (SSSR count). The van der Waals surface area contributed by atoms with Gasteiger partial charge in [0.1, 0.15) is 23.8 Å². The number of hydrogen-bond acceptors (Lipinski definition) is 11. The van der Waals surface area contributed by atoms with Gasteiger partial charge < -0.3 is 29.6 Å². The average molecular weight is 544 g/mol. The van der Waals surface area contributed by atoms with Crippen LogP contribution < -0.4 is 29.6 Å². The molecule has 204 valence electrons. The Balaban J connectivity index is 1.72. The van der Waals surface area contributed by atoms with Crippen LogP contribution in [-0.4, -0.2) is 60.6 Å². The smallest absolute Gasteiger partial charge is 0.323 e. The molecule has 2 heterocycles. The molecule has 0 saturated heterocycles. The van der Waals surface area contributed by atoms with E-state index in [0.717, 1.165) is 11.1 Å². The highest BCUT2D eigenvalue weighted by Crippen LogP contribution is 2.35. The van der Waals surface area contributed by atoms with Crippen molar-refractivity contribution in [1.29, 1.82) is 0 Å². The molecule has 1 amide bonds. The number of ketones is 1. The van der Waals surface area contributed by atoms with Crippen LogP contribution in [0.3, 0.4) is 0 Å². The minimum atomic E-state index is -0.515. The zero-order valence-electron chi connectivity index (χ0n) is 22.6. The van der Waals surface area contributed by atoms with Gasteiger partial charge in [-0.2, -0.15) is 15.0 Å². The summed E-state index contributed by atoms with van der Waals surface area (Å²) in [6.45, 7) is 10.7. The van der Waals surface area contributed by atoms with Crippen molar-refractivity contribution in [1.82, 2.24) is 20.3 Å². The Labute approximate surface area is 225 Å². The molecule has 11 nitrogen and oxygen atoms in total. The first-order chi connectivity index (χ1) is 18.0. The molecule has 1 aromatic carbocycles. The van der Waals surface area contributed by atoms with Crippen LogP contribution in [-0.2, 0) is 10.2 Å². The number of carbonyl (C=O) groups excluding carboxylic acids is 2. The number of amides is 1. The van der Waals surface area contributed by atoms with E-state index >= 15 is 0 Å². The molecular formula is C26H33N5O6S. The van der Waals surface area contributed by atoms with Crippen LogP contribution in [0.5, 0.6) is 28.7 Å². The van der Waals surface area contributed by atoms with Crippen molar-refractivity contribution in [2.24, 2.45) is 0 Å². The molecule has 0 saturated carbocycles. The second-order valence-corrected chi connectivity index (χ2v) is 10.2. The quantitative estimate of drug-likeness (QED) is 0.321. The number of nitrogens with zero attached hydrogens (tertiary/aromatic N) is 3. The Morgan fingerprint density at radius 3 is 2.34 bits per heavy atom. The topological polar surface area (TPSA) is 134 Å². The molecule has 12 heteroatoms. The zero-order chi connectivity index (χ0) is 27.9. The number of rotatable bonds is 12. The lowest BCUT2D eigenvalue weighted by molar-refractivity contribution is -0.116. The highest BCUT2D eigenvalue weighted by molar-refractivity contribution is 7.11. The van der Waals surface area contributed by atoms with Crippen molar-refractivity contribution in [2.75, 3.05) is 39.2 Å². The lowest BCUT2D eigenvalue weighted by Crippen LogP contribution is -2.26. The summed E-state index contributed by atoms with van der Waals surface area (Å²) in [5.74, 6) is 0.297. The van der Waals surface area contributed by atoms with Crippen LogP contribution in [0.25, 0.3) is 0 Å². The summed E-state index contributed by atoms with van der Waals surface area (Å²) < 4.78 is 22.2. The van der Waals surface area contributed by atoms with E-state index in [9.17, 15) is 9.59 Å². The van der Waals surface area contributed by atoms with E-state index in [0.29, 0.717) is 17.5 Å². The van der Waals surface area contributed by atoms with Gasteiger partial charge in [-0.15, -0.1) is 0 Å². The Hall–Kier alpha value is -3.77. The highest BCUT2D eigenvalue weighted by Gasteiger charge is 2.22. The number of thiazole rings is 1. The third-order valence-electron chi connectivity index (χ3n) is 5.30. The van der Waals surface area contributed by atoms with Crippen molar-refractivity contribution in [3.05, 3.63) is 40.4 Å². The minimum absolute atomic E-state index is 0.00137. The molecular weight excluding hydrogens is 510 g/mol. The number of anilines is 1. The molecule has 0 bridgehead atoms. The van der Waals surface area contributed by atoms with Crippen LogP contribution in [0.1, 0.15) is 49.3 Å². The van der Waals surface area contributed by atoms with E-state index in [-0.39, 0.29) is 53.5 Å². The number of ether oxygens (including phenoxy) is 4. The number of methoxy groups -OCH3 is 2. The second-order valence-electron chi connectivity index (χ2n) is 9.41. The Kier molecular flexibility index (Phi) is 9.59. The predicted octanol–water partition coefficient (Wildman–Crippen LogP) is 4.16. The number of hydrogen-bond donors (Lipinski definition) is 2. The maximum atomic E-state index is 13.0. The third-order valence-corrected chi connectivity index (χ3v) is 6.02. The zero-order valence-corrected chi connectivity index (χ0v) is 23.4. The van der Waals surface area contributed by atoms with Gasteiger partial charge in [-0.3, -0.25) is 9.59 Å². The summed E-state index contributed by atoms with van der Waals surface area (Å²) in [6.07, 6.45) is 0. The van der Waals surface area contributed by atoms with E-state index in [2.05, 4.69) is 52.4 Å². The standard InChI is InChI=1S/C26H33N5O6S/c1-15-8-9-17(26(3,4)5)12-19(15)37-25-28-18(14-38-25)21(33)29-20-22(34-6)30-24(31-23(20)35-7)36-11-10-27-13-16(2)32/h8-9,12,14,27H,10-11,13H2,1-7H3,(H,29,33). The lowest BCUT2D eigenvalue weighted by atomic mass is 9.86. The Morgan fingerprint density at radius 2 is 1.74 bits per heavy atom. The number of benzene rings is 1. The minimum Gasteiger partial charge on any atom is -0.479 e. The van der Waals surface area contributed by atoms with Gasteiger partial charge in [0.2, 0.25) is 11.8 Å². The molecule has 0 fully saturated rings. The van der Waals surface area contributed by atoms with Crippen LogP contribution in [0.4, 0.5) is 5.69 Å². The lowest BCUT2D eigenvalue weighted by Gasteiger charge is -2.20. The number of nitrogens with one attached hydrogen (secondary N) is 2. The number of aromatic nitrogens is 3. The van der Waals surface area contributed by atoms with Crippen LogP contribution >= 0.6 is 11.3 Å². The summed E-state index contributed by atoms with van der Waals surface area (Å²) in [5, 5.41) is 7.56. The predicted molar refractivity (Wildman–Crippen MR) is 144 cm³/mol. The van der Waals surface area contributed by atoms with E-state index in [4.69, 9.17) is 18.9 Å². The largest absolute Gasteiger partial charge is 0.479 e. The van der Waals surface area contributed by atoms with Gasteiger partial charge in [-0.05, 0) is 36.5 Å². The number of aryl methyl sites for hydroxylation is 1. The SMILES string of the molecule is COc1nc(OCCNCC(C)=O)nc(OC)c1NC(=O)c1csc(Oc2cc(C(C)(C)C)ccc2C)n1.